The molecule has 0 atom stereocenters. The summed E-state index contributed by atoms with van der Waals surface area (Å²) >= 11 is 0. The highest BCUT2D eigenvalue weighted by molar-refractivity contribution is 5.59. The summed E-state index contributed by atoms with van der Waals surface area (Å²) in [7, 11) is 0. The molecule has 0 spiro atoms. The maximum atomic E-state index is 15.5. The van der Waals surface area contributed by atoms with Gasteiger partial charge in [-0.1, -0.05) is 0 Å². The standard InChI is InChI=1S/C21H27F2N7O/c22-14-7-13(8-14)16-9-17(28-27-16)24-20-18(23)21(26-19(25-20)12-1-2-12)30-5-3-29(4-6-30)15-10-31-11-15/h9,12-15H,1-8,10-11H2,(H2,24,25,26,27,28). The van der Waals surface area contributed by atoms with E-state index in [0.717, 1.165) is 57.9 Å². The quantitative estimate of drug-likeness (QED) is 0.728. The molecule has 31 heavy (non-hydrogen) atoms. The lowest BCUT2D eigenvalue weighted by Crippen LogP contribution is -2.56. The van der Waals surface area contributed by atoms with Gasteiger partial charge in [-0.2, -0.15) is 9.49 Å². The van der Waals surface area contributed by atoms with Gasteiger partial charge in [0.15, 0.2) is 17.5 Å². The predicted octanol–water partition coefficient (Wildman–Crippen LogP) is 2.70. The van der Waals surface area contributed by atoms with Gasteiger partial charge in [-0.15, -0.1) is 0 Å². The summed E-state index contributed by atoms with van der Waals surface area (Å²) in [5.74, 6) is 1.75. The number of nitrogens with one attached hydrogen (secondary N) is 2. The third kappa shape index (κ3) is 3.76. The minimum atomic E-state index is -0.732. The Labute approximate surface area is 179 Å². The molecule has 0 radical (unpaired) electrons. The molecule has 2 aromatic heterocycles. The van der Waals surface area contributed by atoms with Crippen LogP contribution in [0.15, 0.2) is 6.07 Å². The number of H-pyrrole nitrogens is 1. The molecule has 4 aliphatic rings. The fourth-order valence-electron chi connectivity index (χ4n) is 4.53. The van der Waals surface area contributed by atoms with Gasteiger partial charge in [0.1, 0.15) is 12.0 Å². The van der Waals surface area contributed by atoms with E-state index in [9.17, 15) is 4.39 Å². The van der Waals surface area contributed by atoms with Crippen molar-refractivity contribution in [1.29, 1.82) is 0 Å². The highest BCUT2D eigenvalue weighted by atomic mass is 19.1. The highest BCUT2D eigenvalue weighted by Gasteiger charge is 2.34. The van der Waals surface area contributed by atoms with Gasteiger partial charge in [0, 0.05) is 49.8 Å². The molecular formula is C21H27F2N7O. The fraction of sp³-hybridized carbons (Fsp3) is 0.667. The monoisotopic (exact) mass is 431 g/mol. The summed E-state index contributed by atoms with van der Waals surface area (Å²) in [6.07, 6.45) is 2.37. The molecule has 4 fully saturated rings. The second-order valence-corrected chi connectivity index (χ2v) is 9.16. The molecule has 8 nitrogen and oxygen atoms in total. The zero-order valence-electron chi connectivity index (χ0n) is 17.4. The van der Waals surface area contributed by atoms with Crippen LogP contribution in [-0.4, -0.2) is 76.7 Å². The van der Waals surface area contributed by atoms with Crippen molar-refractivity contribution in [3.8, 4) is 0 Å². The van der Waals surface area contributed by atoms with Gasteiger partial charge < -0.3 is 15.0 Å². The first-order valence-corrected chi connectivity index (χ1v) is 11.2. The summed E-state index contributed by atoms with van der Waals surface area (Å²) in [6, 6.07) is 2.32. The highest BCUT2D eigenvalue weighted by Crippen LogP contribution is 2.41. The van der Waals surface area contributed by atoms with Gasteiger partial charge in [-0.3, -0.25) is 10.00 Å². The number of aromatic amines is 1. The van der Waals surface area contributed by atoms with Gasteiger partial charge in [0.05, 0.1) is 19.3 Å². The Morgan fingerprint density at radius 1 is 1.06 bits per heavy atom. The number of alkyl halides is 1. The van der Waals surface area contributed by atoms with Crippen LogP contribution < -0.4 is 10.2 Å². The maximum absolute atomic E-state index is 15.5. The Balaban J connectivity index is 1.21. The van der Waals surface area contributed by atoms with Crippen molar-refractivity contribution < 1.29 is 13.5 Å². The van der Waals surface area contributed by atoms with E-state index < -0.39 is 12.0 Å². The molecule has 2 saturated carbocycles. The number of hydrogen-bond acceptors (Lipinski definition) is 7. The molecular weight excluding hydrogens is 404 g/mol. The molecule has 0 amide bonds. The van der Waals surface area contributed by atoms with Crippen molar-refractivity contribution in [2.24, 2.45) is 0 Å². The zero-order valence-corrected chi connectivity index (χ0v) is 17.4. The van der Waals surface area contributed by atoms with Gasteiger partial charge in [-0.05, 0) is 25.7 Å². The third-order valence-electron chi connectivity index (χ3n) is 6.91. The van der Waals surface area contributed by atoms with Gasteiger partial charge in [-0.25, -0.2) is 14.4 Å². The molecule has 2 saturated heterocycles. The van der Waals surface area contributed by atoms with E-state index in [4.69, 9.17) is 4.74 Å². The first kappa shape index (κ1) is 19.4. The molecule has 2 aliphatic carbocycles. The van der Waals surface area contributed by atoms with Crippen molar-refractivity contribution >= 4 is 17.5 Å². The average molecular weight is 431 g/mol. The number of anilines is 3. The minimum Gasteiger partial charge on any atom is -0.378 e. The minimum absolute atomic E-state index is 0.156. The molecule has 0 unspecified atom stereocenters. The van der Waals surface area contributed by atoms with E-state index >= 15 is 4.39 Å². The Morgan fingerprint density at radius 3 is 2.48 bits per heavy atom. The SMILES string of the molecule is Fc1c(Nc2cc(C3CC(F)C3)[nH]n2)nc(C2CC2)nc1N1CCN(C2COC2)CC1. The van der Waals surface area contributed by atoms with E-state index in [2.05, 4.69) is 30.4 Å². The number of nitrogens with zero attached hydrogens (tertiary/aromatic N) is 5. The van der Waals surface area contributed by atoms with E-state index in [1.54, 1.807) is 0 Å². The predicted molar refractivity (Wildman–Crippen MR) is 111 cm³/mol. The van der Waals surface area contributed by atoms with Crippen LogP contribution >= 0.6 is 0 Å². The Hall–Kier alpha value is -2.33. The van der Waals surface area contributed by atoms with Crippen LogP contribution in [0.25, 0.3) is 0 Å². The van der Waals surface area contributed by atoms with Crippen LogP contribution in [0.3, 0.4) is 0 Å². The van der Waals surface area contributed by atoms with Crippen molar-refractivity contribution in [1.82, 2.24) is 25.1 Å². The summed E-state index contributed by atoms with van der Waals surface area (Å²) in [6.45, 7) is 4.79. The van der Waals surface area contributed by atoms with Crippen molar-refractivity contribution in [3.63, 3.8) is 0 Å². The second kappa shape index (κ2) is 7.67. The van der Waals surface area contributed by atoms with Crippen LogP contribution in [0.5, 0.6) is 0 Å². The maximum Gasteiger partial charge on any atom is 0.208 e. The molecule has 166 valence electrons. The number of piperazine rings is 1. The number of halogens is 2. The lowest BCUT2D eigenvalue weighted by atomic mass is 9.81. The summed E-state index contributed by atoms with van der Waals surface area (Å²) in [4.78, 5) is 13.5. The summed E-state index contributed by atoms with van der Waals surface area (Å²) < 4.78 is 34.0. The number of rotatable bonds is 6. The fourth-order valence-corrected chi connectivity index (χ4v) is 4.53. The number of ether oxygens (including phenoxy) is 1. The van der Waals surface area contributed by atoms with Gasteiger partial charge in [0.25, 0.3) is 0 Å². The lowest BCUT2D eigenvalue weighted by Gasteiger charge is -2.42. The van der Waals surface area contributed by atoms with Crippen molar-refractivity contribution in [2.75, 3.05) is 49.6 Å². The largest absolute Gasteiger partial charge is 0.378 e. The topological polar surface area (TPSA) is 82.2 Å². The zero-order chi connectivity index (χ0) is 20.9. The van der Waals surface area contributed by atoms with Gasteiger partial charge in [0.2, 0.25) is 5.82 Å². The number of aromatic nitrogens is 4. The summed E-state index contributed by atoms with van der Waals surface area (Å²) in [5, 5.41) is 10.2. The first-order valence-electron chi connectivity index (χ1n) is 11.2. The van der Waals surface area contributed by atoms with E-state index in [1.165, 1.54) is 0 Å². The van der Waals surface area contributed by atoms with E-state index in [-0.39, 0.29) is 11.7 Å². The Bertz CT molecular complexity index is 947. The van der Waals surface area contributed by atoms with E-state index in [0.29, 0.717) is 42.3 Å². The molecule has 10 heteroatoms. The van der Waals surface area contributed by atoms with Crippen LogP contribution in [0.4, 0.5) is 26.2 Å². The van der Waals surface area contributed by atoms with Crippen LogP contribution in [0, 0.1) is 5.82 Å². The molecule has 0 bridgehead atoms. The molecule has 2 N–H and O–H groups in total. The molecule has 6 rings (SSSR count). The second-order valence-electron chi connectivity index (χ2n) is 9.16. The molecule has 4 heterocycles. The Morgan fingerprint density at radius 2 is 1.84 bits per heavy atom. The van der Waals surface area contributed by atoms with Crippen LogP contribution in [0.2, 0.25) is 0 Å². The average Bonchev–Trinajstić information content (AvgIpc) is 3.46. The van der Waals surface area contributed by atoms with Crippen molar-refractivity contribution in [2.45, 2.75) is 49.7 Å². The molecule has 2 aromatic rings. The smallest absolute Gasteiger partial charge is 0.208 e. The van der Waals surface area contributed by atoms with E-state index in [1.807, 2.05) is 11.0 Å². The van der Waals surface area contributed by atoms with Gasteiger partial charge >= 0.3 is 0 Å². The first-order chi connectivity index (χ1) is 15.1. The third-order valence-corrected chi connectivity index (χ3v) is 6.91. The molecule has 2 aliphatic heterocycles. The molecule has 0 aromatic carbocycles. The lowest BCUT2D eigenvalue weighted by molar-refractivity contribution is -0.0661. The Kier molecular flexibility index (Phi) is 4.79. The summed E-state index contributed by atoms with van der Waals surface area (Å²) in [5.41, 5.74) is 0.879. The van der Waals surface area contributed by atoms with Crippen molar-refractivity contribution in [3.05, 3.63) is 23.4 Å². The normalized spacial score (nSPS) is 27.1. The number of hydrogen-bond donors (Lipinski definition) is 2. The van der Waals surface area contributed by atoms with Crippen LogP contribution in [0.1, 0.15) is 49.0 Å². The van der Waals surface area contributed by atoms with Crippen LogP contribution in [-0.2, 0) is 4.74 Å².